The number of rotatable bonds is 6. The predicted octanol–water partition coefficient (Wildman–Crippen LogP) is 1.86. The quantitative estimate of drug-likeness (QED) is 0.871. The first kappa shape index (κ1) is 16.7. The van der Waals surface area contributed by atoms with Crippen LogP contribution in [0, 0.1) is 0 Å². The van der Waals surface area contributed by atoms with E-state index in [1.807, 2.05) is 24.3 Å². The van der Waals surface area contributed by atoms with Crippen molar-refractivity contribution in [3.8, 4) is 0 Å². The molecule has 0 aliphatic rings. The molecular formula is C14H22N2O3S. The van der Waals surface area contributed by atoms with Gasteiger partial charge in [0.2, 0.25) is 15.9 Å². The van der Waals surface area contributed by atoms with Gasteiger partial charge in [-0.15, -0.1) is 0 Å². The maximum absolute atomic E-state index is 11.9. The van der Waals surface area contributed by atoms with E-state index >= 15 is 0 Å². The fraction of sp³-hybridized carbons (Fsp3) is 0.500. The van der Waals surface area contributed by atoms with Crippen LogP contribution in [-0.4, -0.2) is 37.5 Å². The lowest BCUT2D eigenvalue weighted by Crippen LogP contribution is -2.41. The Balaban J connectivity index is 2.70. The van der Waals surface area contributed by atoms with Crippen LogP contribution in [0.1, 0.15) is 26.3 Å². The standard InChI is InChI=1S/C14H22N2O3S/c1-5-12-6-8-13(9-7-12)15-14(17)10-16(11(2)3)20(4,18)19/h6-9,11H,5,10H2,1-4H3,(H,15,17). The van der Waals surface area contributed by atoms with Crippen LogP contribution in [-0.2, 0) is 21.2 Å². The Hall–Kier alpha value is -1.40. The Kier molecular flexibility index (Phi) is 5.71. The second-order valence-electron chi connectivity index (χ2n) is 5.00. The van der Waals surface area contributed by atoms with E-state index in [1.165, 1.54) is 9.87 Å². The molecule has 5 nitrogen and oxygen atoms in total. The summed E-state index contributed by atoms with van der Waals surface area (Å²) in [6, 6.07) is 7.25. The highest BCUT2D eigenvalue weighted by Gasteiger charge is 2.22. The van der Waals surface area contributed by atoms with Crippen LogP contribution in [0.15, 0.2) is 24.3 Å². The first-order valence-electron chi connectivity index (χ1n) is 6.59. The van der Waals surface area contributed by atoms with Gasteiger partial charge in [-0.25, -0.2) is 8.42 Å². The van der Waals surface area contributed by atoms with Crippen LogP contribution >= 0.6 is 0 Å². The minimum Gasteiger partial charge on any atom is -0.325 e. The van der Waals surface area contributed by atoms with E-state index in [0.29, 0.717) is 5.69 Å². The Morgan fingerprint density at radius 2 is 1.80 bits per heavy atom. The maximum atomic E-state index is 11.9. The van der Waals surface area contributed by atoms with Gasteiger partial charge in [-0.1, -0.05) is 19.1 Å². The SMILES string of the molecule is CCc1ccc(NC(=O)CN(C(C)C)S(C)(=O)=O)cc1. The van der Waals surface area contributed by atoms with Gasteiger partial charge in [0.05, 0.1) is 12.8 Å². The van der Waals surface area contributed by atoms with Gasteiger partial charge in [0, 0.05) is 11.7 Å². The number of hydrogen-bond acceptors (Lipinski definition) is 3. The zero-order valence-electron chi connectivity index (χ0n) is 12.4. The third-order valence-electron chi connectivity index (χ3n) is 2.95. The van der Waals surface area contributed by atoms with E-state index < -0.39 is 10.0 Å². The molecule has 1 amide bonds. The summed E-state index contributed by atoms with van der Waals surface area (Å²) in [7, 11) is -3.39. The Morgan fingerprint density at radius 3 is 2.20 bits per heavy atom. The molecule has 1 N–H and O–H groups in total. The minimum absolute atomic E-state index is 0.175. The maximum Gasteiger partial charge on any atom is 0.239 e. The lowest BCUT2D eigenvalue weighted by atomic mass is 10.1. The van der Waals surface area contributed by atoms with Crippen LogP contribution in [0.3, 0.4) is 0 Å². The van der Waals surface area contributed by atoms with E-state index in [-0.39, 0.29) is 18.5 Å². The smallest absolute Gasteiger partial charge is 0.239 e. The first-order chi connectivity index (χ1) is 9.24. The van der Waals surface area contributed by atoms with E-state index in [1.54, 1.807) is 13.8 Å². The lowest BCUT2D eigenvalue weighted by molar-refractivity contribution is -0.116. The molecule has 0 heterocycles. The molecule has 0 atom stereocenters. The van der Waals surface area contributed by atoms with E-state index in [9.17, 15) is 13.2 Å². The van der Waals surface area contributed by atoms with Crippen LogP contribution in [0.4, 0.5) is 5.69 Å². The van der Waals surface area contributed by atoms with Gasteiger partial charge in [0.15, 0.2) is 0 Å². The molecule has 1 aromatic rings. The molecule has 0 spiro atoms. The molecule has 0 radical (unpaired) electrons. The van der Waals surface area contributed by atoms with Gasteiger partial charge >= 0.3 is 0 Å². The number of benzene rings is 1. The van der Waals surface area contributed by atoms with Gasteiger partial charge < -0.3 is 5.32 Å². The van der Waals surface area contributed by atoms with E-state index in [0.717, 1.165) is 12.7 Å². The van der Waals surface area contributed by atoms with E-state index in [2.05, 4.69) is 12.2 Å². The molecule has 1 aromatic carbocycles. The summed E-state index contributed by atoms with van der Waals surface area (Å²) in [5, 5.41) is 2.71. The molecule has 0 unspecified atom stereocenters. The monoisotopic (exact) mass is 298 g/mol. The highest BCUT2D eigenvalue weighted by atomic mass is 32.2. The van der Waals surface area contributed by atoms with Gasteiger partial charge in [-0.05, 0) is 38.0 Å². The summed E-state index contributed by atoms with van der Waals surface area (Å²) in [5.74, 6) is -0.339. The fourth-order valence-corrected chi connectivity index (χ4v) is 2.97. The number of sulfonamides is 1. The number of carbonyl (C=O) groups is 1. The molecule has 0 bridgehead atoms. The van der Waals surface area contributed by atoms with Gasteiger partial charge in [0.25, 0.3) is 0 Å². The lowest BCUT2D eigenvalue weighted by Gasteiger charge is -2.23. The zero-order valence-corrected chi connectivity index (χ0v) is 13.2. The third-order valence-corrected chi connectivity index (χ3v) is 4.35. The van der Waals surface area contributed by atoms with Crippen molar-refractivity contribution in [1.82, 2.24) is 4.31 Å². The number of anilines is 1. The van der Waals surface area contributed by atoms with E-state index in [4.69, 9.17) is 0 Å². The molecule has 0 saturated carbocycles. The Bertz CT molecular complexity index is 550. The van der Waals surface area contributed by atoms with Crippen LogP contribution in [0.2, 0.25) is 0 Å². The topological polar surface area (TPSA) is 66.5 Å². The van der Waals surface area contributed by atoms with Crippen molar-refractivity contribution in [2.24, 2.45) is 0 Å². The Labute approximate surface area is 121 Å². The molecule has 0 aliphatic heterocycles. The number of carbonyl (C=O) groups excluding carboxylic acids is 1. The molecular weight excluding hydrogens is 276 g/mol. The van der Waals surface area contributed by atoms with Crippen LogP contribution in [0.5, 0.6) is 0 Å². The normalized spacial score (nSPS) is 11.9. The van der Waals surface area contributed by atoms with Crippen molar-refractivity contribution < 1.29 is 13.2 Å². The van der Waals surface area contributed by atoms with Crippen LogP contribution in [0.25, 0.3) is 0 Å². The molecule has 6 heteroatoms. The van der Waals surface area contributed by atoms with Crippen LogP contribution < -0.4 is 5.32 Å². The predicted molar refractivity (Wildman–Crippen MR) is 81.1 cm³/mol. The summed E-state index contributed by atoms with van der Waals surface area (Å²) in [5.41, 5.74) is 1.85. The number of hydrogen-bond donors (Lipinski definition) is 1. The highest BCUT2D eigenvalue weighted by molar-refractivity contribution is 7.88. The van der Waals surface area contributed by atoms with Crippen molar-refractivity contribution in [3.63, 3.8) is 0 Å². The number of amides is 1. The molecule has 0 saturated heterocycles. The summed E-state index contributed by atoms with van der Waals surface area (Å²) in [6.45, 7) is 5.36. The van der Waals surface area contributed by atoms with Crippen molar-refractivity contribution in [2.45, 2.75) is 33.2 Å². The average molecular weight is 298 g/mol. The molecule has 1 rings (SSSR count). The van der Waals surface area contributed by atoms with Crippen molar-refractivity contribution in [2.75, 3.05) is 18.1 Å². The third kappa shape index (κ3) is 4.94. The highest BCUT2D eigenvalue weighted by Crippen LogP contribution is 2.11. The number of nitrogens with one attached hydrogen (secondary N) is 1. The van der Waals surface area contributed by atoms with Crippen molar-refractivity contribution >= 4 is 21.6 Å². The largest absolute Gasteiger partial charge is 0.325 e. The average Bonchev–Trinajstić information content (AvgIpc) is 2.35. The number of nitrogens with zero attached hydrogens (tertiary/aromatic N) is 1. The van der Waals surface area contributed by atoms with Crippen molar-refractivity contribution in [3.05, 3.63) is 29.8 Å². The minimum atomic E-state index is -3.39. The summed E-state index contributed by atoms with van der Waals surface area (Å²) >= 11 is 0. The second-order valence-corrected chi connectivity index (χ2v) is 6.94. The molecule has 112 valence electrons. The first-order valence-corrected chi connectivity index (χ1v) is 8.44. The fourth-order valence-electron chi connectivity index (χ4n) is 1.85. The number of aryl methyl sites for hydroxylation is 1. The Morgan fingerprint density at radius 1 is 1.25 bits per heavy atom. The van der Waals surface area contributed by atoms with Crippen molar-refractivity contribution in [1.29, 1.82) is 0 Å². The summed E-state index contributed by atoms with van der Waals surface area (Å²) in [4.78, 5) is 11.9. The molecule has 0 fully saturated rings. The van der Waals surface area contributed by atoms with Gasteiger partial charge in [-0.2, -0.15) is 4.31 Å². The molecule has 0 aliphatic carbocycles. The molecule has 0 aromatic heterocycles. The zero-order chi connectivity index (χ0) is 15.3. The van der Waals surface area contributed by atoms with Gasteiger partial charge in [0.1, 0.15) is 0 Å². The second kappa shape index (κ2) is 6.85. The molecule has 20 heavy (non-hydrogen) atoms. The van der Waals surface area contributed by atoms with Gasteiger partial charge in [-0.3, -0.25) is 4.79 Å². The summed E-state index contributed by atoms with van der Waals surface area (Å²) in [6.07, 6.45) is 2.04. The summed E-state index contributed by atoms with van der Waals surface area (Å²) < 4.78 is 24.3.